The summed E-state index contributed by atoms with van der Waals surface area (Å²) in [5, 5.41) is 0. The average Bonchev–Trinajstić information content (AvgIpc) is 3.33. The molecule has 0 bridgehead atoms. The highest BCUT2D eigenvalue weighted by Crippen LogP contribution is 2.44. The summed E-state index contributed by atoms with van der Waals surface area (Å²) in [7, 11) is -1.85. The summed E-state index contributed by atoms with van der Waals surface area (Å²) in [6.07, 6.45) is 3.92. The van der Waals surface area contributed by atoms with E-state index < -0.39 is 10.2 Å². The molecule has 0 unspecified atom stereocenters. The van der Waals surface area contributed by atoms with Gasteiger partial charge >= 0.3 is 10.2 Å². The second kappa shape index (κ2) is 4.86. The highest BCUT2D eigenvalue weighted by atomic mass is 32.2. The van der Waals surface area contributed by atoms with Crippen molar-refractivity contribution >= 4 is 27.4 Å². The standard InChI is InChI=1S/C16H18N4O2S/c1-19-15-8-12(13-5-7-16(17)18-9-13)4-6-14(15)20(23(19,21)22)10-11-2-3-11/h4-9,11H,2-3,10H2,1H3,(H2,17,18). The molecule has 120 valence electrons. The van der Waals surface area contributed by atoms with Gasteiger partial charge in [-0.1, -0.05) is 6.07 Å². The Morgan fingerprint density at radius 2 is 1.91 bits per heavy atom. The number of rotatable bonds is 3. The van der Waals surface area contributed by atoms with Gasteiger partial charge in [0.2, 0.25) is 0 Å². The lowest BCUT2D eigenvalue weighted by Gasteiger charge is -2.18. The SMILES string of the molecule is CN1c2cc(-c3ccc(N)nc3)ccc2N(CC2CC2)S1(=O)=O. The molecule has 0 radical (unpaired) electrons. The molecule has 1 aliphatic carbocycles. The number of aromatic nitrogens is 1. The Bertz CT molecular complexity index is 860. The van der Waals surface area contributed by atoms with E-state index in [9.17, 15) is 8.42 Å². The average molecular weight is 330 g/mol. The van der Waals surface area contributed by atoms with E-state index >= 15 is 0 Å². The minimum absolute atomic E-state index is 0.463. The minimum Gasteiger partial charge on any atom is -0.384 e. The molecule has 2 aromatic rings. The second-order valence-corrected chi connectivity index (χ2v) is 8.01. The molecule has 4 rings (SSSR count). The predicted octanol–water partition coefficient (Wildman–Crippen LogP) is 2.24. The van der Waals surface area contributed by atoms with Crippen molar-refractivity contribution in [3.05, 3.63) is 36.5 Å². The minimum atomic E-state index is -3.45. The first kappa shape index (κ1) is 14.3. The van der Waals surface area contributed by atoms with E-state index in [0.717, 1.165) is 29.7 Å². The van der Waals surface area contributed by atoms with E-state index in [1.807, 2.05) is 24.3 Å². The third kappa shape index (κ3) is 2.31. The smallest absolute Gasteiger partial charge is 0.326 e. The molecule has 0 atom stereocenters. The van der Waals surface area contributed by atoms with E-state index in [1.165, 1.54) is 8.61 Å². The van der Waals surface area contributed by atoms with E-state index in [2.05, 4.69) is 4.98 Å². The maximum Gasteiger partial charge on any atom is 0.326 e. The second-order valence-electron chi connectivity index (χ2n) is 6.12. The number of pyridine rings is 1. The Kier molecular flexibility index (Phi) is 3.02. The summed E-state index contributed by atoms with van der Waals surface area (Å²) in [6, 6.07) is 9.33. The van der Waals surface area contributed by atoms with Gasteiger partial charge in [-0.25, -0.2) is 4.98 Å². The van der Waals surface area contributed by atoms with Crippen molar-refractivity contribution < 1.29 is 8.42 Å². The topological polar surface area (TPSA) is 79.5 Å². The molecule has 2 heterocycles. The van der Waals surface area contributed by atoms with E-state index in [1.54, 1.807) is 19.3 Å². The summed E-state index contributed by atoms with van der Waals surface area (Å²) in [6.45, 7) is 0.572. The van der Waals surface area contributed by atoms with Gasteiger partial charge in [-0.2, -0.15) is 8.42 Å². The molecule has 23 heavy (non-hydrogen) atoms. The van der Waals surface area contributed by atoms with E-state index in [0.29, 0.717) is 24.0 Å². The number of nitrogens with two attached hydrogens (primary N) is 1. The Hall–Kier alpha value is -2.28. The highest BCUT2D eigenvalue weighted by Gasteiger charge is 2.40. The molecule has 1 aliphatic heterocycles. The van der Waals surface area contributed by atoms with Gasteiger partial charge in [0.15, 0.2) is 0 Å². The summed E-state index contributed by atoms with van der Waals surface area (Å²) in [4.78, 5) is 4.09. The number of nitrogens with zero attached hydrogens (tertiary/aromatic N) is 3. The van der Waals surface area contributed by atoms with Gasteiger partial charge in [0.1, 0.15) is 5.82 Å². The molecule has 6 nitrogen and oxygen atoms in total. The first-order chi connectivity index (χ1) is 11.0. The molecule has 1 saturated carbocycles. The largest absolute Gasteiger partial charge is 0.384 e. The first-order valence-corrected chi connectivity index (χ1v) is 8.99. The number of fused-ring (bicyclic) bond motifs is 1. The lowest BCUT2D eigenvalue weighted by atomic mass is 10.1. The van der Waals surface area contributed by atoms with Crippen LogP contribution in [0.3, 0.4) is 0 Å². The Labute approximate surface area is 135 Å². The van der Waals surface area contributed by atoms with Crippen LogP contribution in [0.4, 0.5) is 17.2 Å². The molecule has 1 aromatic carbocycles. The molecule has 2 N–H and O–H groups in total. The van der Waals surface area contributed by atoms with Crippen LogP contribution in [0, 0.1) is 5.92 Å². The maximum atomic E-state index is 12.6. The monoisotopic (exact) mass is 330 g/mol. The summed E-state index contributed by atoms with van der Waals surface area (Å²) < 4.78 is 28.1. The van der Waals surface area contributed by atoms with Crippen LogP contribution < -0.4 is 14.3 Å². The molecule has 7 heteroatoms. The number of hydrogen-bond acceptors (Lipinski definition) is 4. The normalized spacial score (nSPS) is 19.0. The molecule has 1 fully saturated rings. The lowest BCUT2D eigenvalue weighted by molar-refractivity contribution is 0.590. The van der Waals surface area contributed by atoms with Crippen LogP contribution in [0.1, 0.15) is 12.8 Å². The van der Waals surface area contributed by atoms with Crippen molar-refractivity contribution in [1.82, 2.24) is 4.98 Å². The third-order valence-corrected chi connectivity index (χ3v) is 6.24. The number of nitrogen functional groups attached to an aromatic ring is 1. The molecular weight excluding hydrogens is 312 g/mol. The maximum absolute atomic E-state index is 12.6. The van der Waals surface area contributed by atoms with Crippen LogP contribution in [0.5, 0.6) is 0 Å². The van der Waals surface area contributed by atoms with E-state index in [4.69, 9.17) is 5.73 Å². The Morgan fingerprint density at radius 3 is 2.57 bits per heavy atom. The van der Waals surface area contributed by atoms with Crippen LogP contribution in [0.15, 0.2) is 36.5 Å². The molecule has 0 spiro atoms. The number of hydrogen-bond donors (Lipinski definition) is 1. The fourth-order valence-electron chi connectivity index (χ4n) is 2.87. The fourth-order valence-corrected chi connectivity index (χ4v) is 4.36. The zero-order valence-corrected chi connectivity index (χ0v) is 13.6. The predicted molar refractivity (Wildman–Crippen MR) is 91.5 cm³/mol. The van der Waals surface area contributed by atoms with Crippen molar-refractivity contribution in [3.63, 3.8) is 0 Å². The molecule has 1 aromatic heterocycles. The van der Waals surface area contributed by atoms with Crippen molar-refractivity contribution in [1.29, 1.82) is 0 Å². The molecular formula is C16H18N4O2S. The first-order valence-electron chi connectivity index (χ1n) is 7.59. The summed E-state index contributed by atoms with van der Waals surface area (Å²) in [5.74, 6) is 0.954. The van der Waals surface area contributed by atoms with Crippen LogP contribution >= 0.6 is 0 Å². The van der Waals surface area contributed by atoms with Crippen molar-refractivity contribution in [2.45, 2.75) is 12.8 Å². The molecule has 0 amide bonds. The third-order valence-electron chi connectivity index (χ3n) is 4.45. The summed E-state index contributed by atoms with van der Waals surface area (Å²) in [5.41, 5.74) is 8.92. The van der Waals surface area contributed by atoms with Crippen LogP contribution in [-0.4, -0.2) is 27.0 Å². The number of anilines is 3. The van der Waals surface area contributed by atoms with Crippen LogP contribution in [0.2, 0.25) is 0 Å². The lowest BCUT2D eigenvalue weighted by Crippen LogP contribution is -2.36. The zero-order chi connectivity index (χ0) is 16.2. The van der Waals surface area contributed by atoms with Crippen LogP contribution in [-0.2, 0) is 10.2 Å². The zero-order valence-electron chi connectivity index (χ0n) is 12.8. The summed E-state index contributed by atoms with van der Waals surface area (Å²) >= 11 is 0. The fraction of sp³-hybridized carbons (Fsp3) is 0.312. The van der Waals surface area contributed by atoms with Gasteiger partial charge < -0.3 is 5.73 Å². The molecule has 0 saturated heterocycles. The Morgan fingerprint density at radius 1 is 1.17 bits per heavy atom. The quantitative estimate of drug-likeness (QED) is 0.936. The van der Waals surface area contributed by atoms with Gasteiger partial charge in [-0.3, -0.25) is 8.61 Å². The van der Waals surface area contributed by atoms with Gasteiger partial charge in [0.05, 0.1) is 11.4 Å². The highest BCUT2D eigenvalue weighted by molar-refractivity contribution is 7.94. The van der Waals surface area contributed by atoms with Gasteiger partial charge in [0, 0.05) is 25.4 Å². The van der Waals surface area contributed by atoms with Crippen molar-refractivity contribution in [2.24, 2.45) is 5.92 Å². The Balaban J connectivity index is 1.77. The van der Waals surface area contributed by atoms with E-state index in [-0.39, 0.29) is 0 Å². The van der Waals surface area contributed by atoms with Crippen molar-refractivity contribution in [3.8, 4) is 11.1 Å². The van der Waals surface area contributed by atoms with Crippen molar-refractivity contribution in [2.75, 3.05) is 27.9 Å². The van der Waals surface area contributed by atoms with Crippen LogP contribution in [0.25, 0.3) is 11.1 Å². The number of benzene rings is 1. The van der Waals surface area contributed by atoms with Gasteiger partial charge in [-0.15, -0.1) is 0 Å². The van der Waals surface area contributed by atoms with Gasteiger partial charge in [-0.05, 0) is 48.6 Å². The molecule has 2 aliphatic rings. The van der Waals surface area contributed by atoms with Gasteiger partial charge in [0.25, 0.3) is 0 Å².